The smallest absolute Gasteiger partial charge is 0.0874 e. The van der Waals surface area contributed by atoms with Crippen LogP contribution in [-0.2, 0) is 0 Å². The van der Waals surface area contributed by atoms with Crippen LogP contribution in [0, 0.1) is 0 Å². The van der Waals surface area contributed by atoms with Crippen LogP contribution in [0.2, 0.25) is 0 Å². The van der Waals surface area contributed by atoms with Crippen molar-refractivity contribution < 1.29 is 0 Å². The molecule has 0 bridgehead atoms. The highest BCUT2D eigenvalue weighted by molar-refractivity contribution is 6.83. The zero-order valence-corrected chi connectivity index (χ0v) is 13.8. The van der Waals surface area contributed by atoms with Gasteiger partial charge in [0.05, 0.1) is 0 Å². The summed E-state index contributed by atoms with van der Waals surface area (Å²) >= 11 is 33.7. The monoisotopic (exact) mass is 356 g/mol. The summed E-state index contributed by atoms with van der Waals surface area (Å²) in [5.74, 6) is 0. The zero-order chi connectivity index (χ0) is 12.9. The number of rotatable bonds is 3. The summed E-state index contributed by atoms with van der Waals surface area (Å²) in [6.45, 7) is 4.46. The summed E-state index contributed by atoms with van der Waals surface area (Å²) in [5, 5.41) is 0. The lowest BCUT2D eigenvalue weighted by atomic mass is 10.2. The Morgan fingerprint density at radius 2 is 0.933 bits per heavy atom. The second-order valence-corrected chi connectivity index (χ2v) is 7.79. The van der Waals surface area contributed by atoms with Crippen LogP contribution in [0.5, 0.6) is 0 Å². The summed E-state index contributed by atoms with van der Waals surface area (Å²) in [6.07, 6.45) is 5.54. The van der Waals surface area contributed by atoms with Gasteiger partial charge in [0.25, 0.3) is 3.25 Å². The first-order valence-electron chi connectivity index (χ1n) is 4.32. The molecule has 15 heavy (non-hydrogen) atoms. The number of alkyl halides is 7. The average Bonchev–Trinajstić information content (AvgIpc) is 1.96. The Hall–Kier alpha value is 2.03. The van der Waals surface area contributed by atoms with Crippen molar-refractivity contribution in [1.82, 2.24) is 0 Å². The number of hydrogen-bond acceptors (Lipinski definition) is 0. The quantitative estimate of drug-likeness (QED) is 0.371. The van der Waals surface area contributed by atoms with Crippen molar-refractivity contribution >= 4 is 81.2 Å². The predicted octanol–water partition coefficient (Wildman–Crippen LogP) is 7.13. The molecule has 0 nitrogen and oxygen atoms in total. The second kappa shape index (κ2) is 16.0. The van der Waals surface area contributed by atoms with Gasteiger partial charge in [0, 0.05) is 0 Å². The van der Waals surface area contributed by atoms with Gasteiger partial charge in [0.2, 0.25) is 0 Å². The van der Waals surface area contributed by atoms with Crippen LogP contribution >= 0.6 is 81.2 Å². The lowest BCUT2D eigenvalue weighted by molar-refractivity contribution is 0.702. The Balaban J connectivity index is -0.000000147. The third-order valence-electron chi connectivity index (χ3n) is 0.957. The van der Waals surface area contributed by atoms with Gasteiger partial charge in [-0.05, 0) is 0 Å². The molecule has 7 heteroatoms. The van der Waals surface area contributed by atoms with Crippen molar-refractivity contribution in [2.45, 2.75) is 47.1 Å². The molecule has 96 valence electrons. The highest BCUT2D eigenvalue weighted by Gasteiger charge is 2.11. The summed E-state index contributed by atoms with van der Waals surface area (Å²) in [7, 11) is 0. The second-order valence-electron chi connectivity index (χ2n) is 2.38. The van der Waals surface area contributed by atoms with Crippen LogP contribution in [0.3, 0.4) is 0 Å². The van der Waals surface area contributed by atoms with Gasteiger partial charge in [-0.15, -0.1) is 0 Å². The first kappa shape index (κ1) is 22.2. The molecule has 0 aromatic heterocycles. The molecule has 0 heterocycles. The minimum Gasteiger partial charge on any atom is -0.0874 e. The van der Waals surface area contributed by atoms with E-state index in [-0.39, 0.29) is 0 Å². The van der Waals surface area contributed by atoms with Gasteiger partial charge in [0.1, 0.15) is 0 Å². The summed E-state index contributed by atoms with van der Waals surface area (Å²) < 4.78 is -2.36. The van der Waals surface area contributed by atoms with E-state index in [1.807, 2.05) is 0 Å². The largest absolute Gasteiger partial charge is 0.266 e. The van der Waals surface area contributed by atoms with Gasteiger partial charge in [-0.1, -0.05) is 121 Å². The molecule has 0 amide bonds. The Bertz CT molecular complexity index is 86.9. The van der Waals surface area contributed by atoms with E-state index in [0.717, 1.165) is 0 Å². The number of hydrogen-bond donors (Lipinski definition) is 0. The highest BCUT2D eigenvalue weighted by atomic mass is 35.6. The van der Waals surface area contributed by atoms with E-state index in [1.54, 1.807) is 0 Å². The lowest BCUT2D eigenvalue weighted by Gasteiger charge is -1.91. The molecule has 0 atom stereocenters. The summed E-state index contributed by atoms with van der Waals surface area (Å²) in [4.78, 5) is 0. The summed E-state index contributed by atoms with van der Waals surface area (Å²) in [6, 6.07) is 0. The van der Waals surface area contributed by atoms with Crippen LogP contribution in [0.25, 0.3) is 0 Å². The molecule has 0 radical (unpaired) electrons. The van der Waals surface area contributed by atoms with Gasteiger partial charge in [-0.3, -0.25) is 0 Å². The maximum atomic E-state index is 4.83. The fourth-order valence-electron chi connectivity index (χ4n) is 0.500. The maximum absolute atomic E-state index is 4.83. The standard InChI is InChI=1S/C6H14.CCl4.CHCl3/c1-3-5-6-4-2;2-1(3,4)5;2-1(3)4/h3-6H2,1-2H3;;1H. The van der Waals surface area contributed by atoms with Crippen molar-refractivity contribution in [3.63, 3.8) is 0 Å². The molecule has 0 aliphatic carbocycles. The van der Waals surface area contributed by atoms with E-state index >= 15 is 0 Å². The van der Waals surface area contributed by atoms with Crippen LogP contribution < -0.4 is 0 Å². The third kappa shape index (κ3) is 125. The lowest BCUT2D eigenvalue weighted by Crippen LogP contribution is -1.81. The molecule has 0 aliphatic rings. The molecule has 0 N–H and O–H groups in total. The van der Waals surface area contributed by atoms with Gasteiger partial charge in [-0.2, -0.15) is 0 Å². The van der Waals surface area contributed by atoms with Crippen LogP contribution in [-0.4, -0.2) is 7.55 Å². The topological polar surface area (TPSA) is 0 Å². The fourth-order valence-corrected chi connectivity index (χ4v) is 0.500. The molecule has 0 aromatic rings. The molecule has 0 saturated heterocycles. The molecule has 0 fully saturated rings. The van der Waals surface area contributed by atoms with E-state index in [9.17, 15) is 0 Å². The van der Waals surface area contributed by atoms with Crippen LogP contribution in [0.15, 0.2) is 0 Å². The number of unbranched alkanes of at least 4 members (excludes halogenated alkanes) is 3. The molecular formula is C8H15Cl7. The average molecular weight is 359 g/mol. The van der Waals surface area contributed by atoms with Gasteiger partial charge < -0.3 is 0 Å². The Labute approximate surface area is 127 Å². The van der Waals surface area contributed by atoms with Crippen molar-refractivity contribution in [3.05, 3.63) is 0 Å². The SMILES string of the molecule is CCCCCC.ClC(Cl)(Cl)Cl.ClC(Cl)Cl. The highest BCUT2D eigenvalue weighted by Crippen LogP contribution is 2.29. The summed E-state index contributed by atoms with van der Waals surface area (Å²) in [5.41, 5.74) is 0. The Kier molecular flexibility index (Phi) is 23.8. The van der Waals surface area contributed by atoms with E-state index in [2.05, 4.69) is 13.8 Å². The Morgan fingerprint density at radius 1 is 0.800 bits per heavy atom. The molecule has 0 aromatic carbocycles. The molecular weight excluding hydrogens is 344 g/mol. The minimum absolute atomic E-state index is 0.750. The first-order chi connectivity index (χ1) is 6.65. The molecule has 0 aliphatic heterocycles. The molecule has 0 spiro atoms. The van der Waals surface area contributed by atoms with Crippen molar-refractivity contribution in [3.8, 4) is 0 Å². The van der Waals surface area contributed by atoms with Gasteiger partial charge in [0.15, 0.2) is 4.30 Å². The molecule has 0 unspecified atom stereocenters. The van der Waals surface area contributed by atoms with E-state index in [0.29, 0.717) is 0 Å². The minimum atomic E-state index is -1.61. The van der Waals surface area contributed by atoms with Crippen LogP contribution in [0.1, 0.15) is 39.5 Å². The van der Waals surface area contributed by atoms with Crippen molar-refractivity contribution in [1.29, 1.82) is 0 Å². The van der Waals surface area contributed by atoms with E-state index in [1.165, 1.54) is 25.7 Å². The fraction of sp³-hybridized carbons (Fsp3) is 1.00. The third-order valence-corrected chi connectivity index (χ3v) is 0.957. The molecule has 0 rings (SSSR count). The first-order valence-corrected chi connectivity index (χ1v) is 7.15. The van der Waals surface area contributed by atoms with Crippen molar-refractivity contribution in [2.24, 2.45) is 0 Å². The predicted molar refractivity (Wildman–Crippen MR) is 77.3 cm³/mol. The normalized spacial score (nSPS) is 10.0. The van der Waals surface area contributed by atoms with Crippen LogP contribution in [0.4, 0.5) is 0 Å². The molecule has 0 saturated carbocycles. The maximum Gasteiger partial charge on any atom is 0.266 e. The Morgan fingerprint density at radius 3 is 1.00 bits per heavy atom. The number of halogens is 7. The van der Waals surface area contributed by atoms with Gasteiger partial charge in [-0.25, -0.2) is 0 Å². The zero-order valence-electron chi connectivity index (χ0n) is 8.55. The van der Waals surface area contributed by atoms with E-state index < -0.39 is 7.55 Å². The van der Waals surface area contributed by atoms with Gasteiger partial charge >= 0.3 is 0 Å². The van der Waals surface area contributed by atoms with E-state index in [4.69, 9.17) is 81.2 Å². The van der Waals surface area contributed by atoms with Crippen molar-refractivity contribution in [2.75, 3.05) is 0 Å².